The summed E-state index contributed by atoms with van der Waals surface area (Å²) in [5, 5.41) is 3.22. The summed E-state index contributed by atoms with van der Waals surface area (Å²) in [6, 6.07) is 6.82. The number of aromatic nitrogens is 2. The van der Waals surface area contributed by atoms with Crippen molar-refractivity contribution in [2.45, 2.75) is 6.42 Å². The Kier molecular flexibility index (Phi) is 5.43. The largest absolute Gasteiger partial charge is 0.497 e. The molecule has 1 aliphatic rings. The molecule has 3 rings (SSSR count). The first-order chi connectivity index (χ1) is 11.8. The Morgan fingerprint density at radius 3 is 2.83 bits per heavy atom. The highest BCUT2D eigenvalue weighted by molar-refractivity contribution is 5.48. The Bertz CT molecular complexity index is 677. The molecule has 0 amide bonds. The van der Waals surface area contributed by atoms with Gasteiger partial charge in [-0.1, -0.05) is 6.07 Å². The van der Waals surface area contributed by atoms with Gasteiger partial charge < -0.3 is 19.7 Å². The summed E-state index contributed by atoms with van der Waals surface area (Å²) in [7, 11) is 1.52. The van der Waals surface area contributed by atoms with E-state index in [9.17, 15) is 4.39 Å². The normalized spacial score (nSPS) is 14.5. The molecule has 0 atom stereocenters. The van der Waals surface area contributed by atoms with Gasteiger partial charge in [-0.15, -0.1) is 0 Å². The number of nitrogens with one attached hydrogen (secondary N) is 1. The molecule has 0 unspecified atom stereocenters. The van der Waals surface area contributed by atoms with Gasteiger partial charge >= 0.3 is 0 Å². The van der Waals surface area contributed by atoms with Crippen molar-refractivity contribution in [3.05, 3.63) is 42.0 Å². The van der Waals surface area contributed by atoms with Gasteiger partial charge in [0.25, 0.3) is 0 Å². The molecule has 2 aromatic rings. The number of nitrogens with zero attached hydrogens (tertiary/aromatic N) is 3. The third-order valence-electron chi connectivity index (χ3n) is 3.95. The molecule has 0 spiro atoms. The number of benzene rings is 1. The maximum absolute atomic E-state index is 13.9. The van der Waals surface area contributed by atoms with Crippen LogP contribution in [0, 0.1) is 5.82 Å². The molecule has 1 aliphatic heterocycles. The second kappa shape index (κ2) is 7.92. The number of hydrogen-bond donors (Lipinski definition) is 1. The van der Waals surface area contributed by atoms with Crippen LogP contribution in [0.5, 0.6) is 5.75 Å². The quantitative estimate of drug-likeness (QED) is 0.874. The van der Waals surface area contributed by atoms with Crippen molar-refractivity contribution in [3.8, 4) is 5.75 Å². The second-order valence-corrected chi connectivity index (χ2v) is 5.49. The second-order valence-electron chi connectivity index (χ2n) is 5.49. The maximum Gasteiger partial charge on any atom is 0.134 e. The first-order valence-electron chi connectivity index (χ1n) is 7.97. The van der Waals surface area contributed by atoms with Crippen LogP contribution in [0.15, 0.2) is 30.6 Å². The highest BCUT2D eigenvalue weighted by Gasteiger charge is 2.13. The average molecular weight is 332 g/mol. The standard InChI is InChI=1S/C17H21FN4O2/c1-23-14-3-2-13(15(18)10-14)4-5-19-16-11-17(21-12-20-16)22-6-8-24-9-7-22/h2-3,10-12H,4-9H2,1H3,(H,19,20,21). The third-order valence-corrected chi connectivity index (χ3v) is 3.95. The minimum Gasteiger partial charge on any atom is -0.497 e. The van der Waals surface area contributed by atoms with E-state index in [-0.39, 0.29) is 5.82 Å². The molecule has 2 heterocycles. The fourth-order valence-corrected chi connectivity index (χ4v) is 2.59. The number of hydrogen-bond acceptors (Lipinski definition) is 6. The lowest BCUT2D eigenvalue weighted by Crippen LogP contribution is -2.36. The molecule has 0 bridgehead atoms. The molecule has 1 fully saturated rings. The summed E-state index contributed by atoms with van der Waals surface area (Å²) in [6.45, 7) is 3.66. The lowest BCUT2D eigenvalue weighted by atomic mass is 10.1. The molecule has 0 aliphatic carbocycles. The van der Waals surface area contributed by atoms with E-state index in [0.29, 0.717) is 37.5 Å². The highest BCUT2D eigenvalue weighted by Crippen LogP contribution is 2.18. The van der Waals surface area contributed by atoms with Gasteiger partial charge in [-0.3, -0.25) is 0 Å². The number of morpholine rings is 1. The van der Waals surface area contributed by atoms with Crippen molar-refractivity contribution in [3.63, 3.8) is 0 Å². The molecule has 1 saturated heterocycles. The molecule has 0 radical (unpaired) electrons. The Hall–Kier alpha value is -2.41. The molecule has 1 aromatic carbocycles. The smallest absolute Gasteiger partial charge is 0.134 e. The van der Waals surface area contributed by atoms with Crippen LogP contribution < -0.4 is 15.0 Å². The molecular formula is C17H21FN4O2. The zero-order chi connectivity index (χ0) is 16.8. The van der Waals surface area contributed by atoms with Gasteiger partial charge in [0.1, 0.15) is 29.5 Å². The van der Waals surface area contributed by atoms with Crippen molar-refractivity contribution in [1.29, 1.82) is 0 Å². The van der Waals surface area contributed by atoms with Crippen LogP contribution in [0.2, 0.25) is 0 Å². The van der Waals surface area contributed by atoms with Gasteiger partial charge in [0.2, 0.25) is 0 Å². The summed E-state index contributed by atoms with van der Waals surface area (Å²) in [4.78, 5) is 10.7. The van der Waals surface area contributed by atoms with Gasteiger partial charge in [-0.05, 0) is 18.1 Å². The lowest BCUT2D eigenvalue weighted by molar-refractivity contribution is 0.122. The van der Waals surface area contributed by atoms with Crippen LogP contribution in [0.1, 0.15) is 5.56 Å². The van der Waals surface area contributed by atoms with E-state index >= 15 is 0 Å². The zero-order valence-electron chi connectivity index (χ0n) is 13.7. The van der Waals surface area contributed by atoms with E-state index in [0.717, 1.165) is 24.7 Å². The number of ether oxygens (including phenoxy) is 2. The van der Waals surface area contributed by atoms with E-state index in [2.05, 4.69) is 20.2 Å². The minimum atomic E-state index is -0.257. The van der Waals surface area contributed by atoms with Crippen molar-refractivity contribution in [2.24, 2.45) is 0 Å². The van der Waals surface area contributed by atoms with Gasteiger partial charge in [0, 0.05) is 31.8 Å². The van der Waals surface area contributed by atoms with Crippen molar-refractivity contribution < 1.29 is 13.9 Å². The summed E-state index contributed by atoms with van der Waals surface area (Å²) in [5.74, 6) is 1.88. The fourth-order valence-electron chi connectivity index (χ4n) is 2.59. The molecule has 0 saturated carbocycles. The van der Waals surface area contributed by atoms with Gasteiger partial charge in [-0.25, -0.2) is 14.4 Å². The van der Waals surface area contributed by atoms with Crippen molar-refractivity contribution >= 4 is 11.6 Å². The Morgan fingerprint density at radius 2 is 2.08 bits per heavy atom. The predicted molar refractivity (Wildman–Crippen MR) is 90.2 cm³/mol. The van der Waals surface area contributed by atoms with Crippen LogP contribution in [-0.4, -0.2) is 49.9 Å². The Balaban J connectivity index is 1.56. The Labute approximate surface area is 140 Å². The van der Waals surface area contributed by atoms with Crippen LogP contribution in [0.4, 0.5) is 16.0 Å². The maximum atomic E-state index is 13.9. The van der Waals surface area contributed by atoms with E-state index in [1.54, 1.807) is 18.5 Å². The topological polar surface area (TPSA) is 59.5 Å². The summed E-state index contributed by atoms with van der Waals surface area (Å²) in [5.41, 5.74) is 0.644. The van der Waals surface area contributed by atoms with Crippen LogP contribution >= 0.6 is 0 Å². The molecule has 128 valence electrons. The SMILES string of the molecule is COc1ccc(CCNc2cc(N3CCOCC3)ncn2)c(F)c1. The predicted octanol–water partition coefficient (Wildman–Crippen LogP) is 2.12. The van der Waals surface area contributed by atoms with Crippen LogP contribution in [-0.2, 0) is 11.2 Å². The number of rotatable bonds is 6. The van der Waals surface area contributed by atoms with Crippen molar-refractivity contribution in [2.75, 3.05) is 50.2 Å². The van der Waals surface area contributed by atoms with E-state index < -0.39 is 0 Å². The summed E-state index contributed by atoms with van der Waals surface area (Å²) < 4.78 is 24.3. The third kappa shape index (κ3) is 4.11. The molecule has 24 heavy (non-hydrogen) atoms. The van der Waals surface area contributed by atoms with Crippen LogP contribution in [0.3, 0.4) is 0 Å². The fraction of sp³-hybridized carbons (Fsp3) is 0.412. The minimum absolute atomic E-state index is 0.257. The molecule has 7 heteroatoms. The van der Waals surface area contributed by atoms with Gasteiger partial charge in [0.05, 0.1) is 20.3 Å². The monoisotopic (exact) mass is 332 g/mol. The summed E-state index contributed by atoms with van der Waals surface area (Å²) in [6.07, 6.45) is 2.10. The number of anilines is 2. The molecule has 1 aromatic heterocycles. The first kappa shape index (κ1) is 16.4. The lowest BCUT2D eigenvalue weighted by Gasteiger charge is -2.27. The van der Waals surface area contributed by atoms with E-state index in [1.807, 2.05) is 6.07 Å². The van der Waals surface area contributed by atoms with Crippen molar-refractivity contribution in [1.82, 2.24) is 9.97 Å². The van der Waals surface area contributed by atoms with Crippen LogP contribution in [0.25, 0.3) is 0 Å². The van der Waals surface area contributed by atoms with Gasteiger partial charge in [0.15, 0.2) is 0 Å². The highest BCUT2D eigenvalue weighted by atomic mass is 19.1. The number of methoxy groups -OCH3 is 1. The number of halogens is 1. The zero-order valence-corrected chi connectivity index (χ0v) is 13.7. The average Bonchev–Trinajstić information content (AvgIpc) is 2.64. The van der Waals surface area contributed by atoms with E-state index in [4.69, 9.17) is 9.47 Å². The molecular weight excluding hydrogens is 311 g/mol. The van der Waals surface area contributed by atoms with E-state index in [1.165, 1.54) is 13.2 Å². The Morgan fingerprint density at radius 1 is 1.25 bits per heavy atom. The van der Waals surface area contributed by atoms with Gasteiger partial charge in [-0.2, -0.15) is 0 Å². The first-order valence-corrected chi connectivity index (χ1v) is 7.97. The molecule has 6 nitrogen and oxygen atoms in total. The molecule has 1 N–H and O–H groups in total. The summed E-state index contributed by atoms with van der Waals surface area (Å²) >= 11 is 0.